The smallest absolute Gasteiger partial charge is 0.456 e. The van der Waals surface area contributed by atoms with Crippen LogP contribution >= 0.6 is 15.9 Å². The molecule has 0 atom stereocenters. The van der Waals surface area contributed by atoms with Crippen LogP contribution in [0.15, 0.2) is 40.9 Å². The Morgan fingerprint density at radius 2 is 1.24 bits per heavy atom. The summed E-state index contributed by atoms with van der Waals surface area (Å²) in [5.41, 5.74) is 2.39. The average Bonchev–Trinajstić information content (AvgIpc) is 2.71. The zero-order valence-corrected chi connectivity index (χ0v) is 25.2. The summed E-state index contributed by atoms with van der Waals surface area (Å²) in [6.07, 6.45) is 3.03. The number of carbonyl (C=O) groups excluding carboxylic acids is 3. The van der Waals surface area contributed by atoms with Crippen LogP contribution in [0.3, 0.4) is 0 Å². The van der Waals surface area contributed by atoms with Crippen molar-refractivity contribution >= 4 is 34.2 Å². The Hall–Kier alpha value is -1.87. The zero-order valence-electron chi connectivity index (χ0n) is 23.6. The van der Waals surface area contributed by atoms with Crippen LogP contribution in [0.25, 0.3) is 0 Å². The van der Waals surface area contributed by atoms with Crippen LogP contribution in [0.2, 0.25) is 0 Å². The van der Waals surface area contributed by atoms with Crippen molar-refractivity contribution in [3.8, 4) is 0 Å². The third-order valence-electron chi connectivity index (χ3n) is 4.17. The first kappa shape index (κ1) is 39.6. The van der Waals surface area contributed by atoms with Crippen molar-refractivity contribution in [3.05, 3.63) is 75.6 Å². The van der Waals surface area contributed by atoms with Gasteiger partial charge in [0.1, 0.15) is 17.5 Å². The molecule has 0 radical (unpaired) electrons. The van der Waals surface area contributed by atoms with Crippen molar-refractivity contribution < 1.29 is 42.7 Å². The maximum Gasteiger partial charge on any atom is 1.00 e. The first-order valence-electron chi connectivity index (χ1n) is 11.6. The Morgan fingerprint density at radius 3 is 1.54 bits per heavy atom. The van der Waals surface area contributed by atoms with Crippen molar-refractivity contribution in [1.82, 2.24) is 0 Å². The van der Waals surface area contributed by atoms with Gasteiger partial charge >= 0.3 is 30.8 Å². The number of hydrogen-bond acceptors (Lipinski definition) is 5. The number of halogens is 1. The number of aryl methyl sites for hydroxylation is 2. The molecule has 0 aliphatic heterocycles. The van der Waals surface area contributed by atoms with Gasteiger partial charge in [0.2, 0.25) is 0 Å². The molecule has 0 aliphatic carbocycles. The molecule has 0 amide bonds. The Balaban J connectivity index is -0.000000522. The number of benzene rings is 2. The Bertz CT molecular complexity index is 986. The van der Waals surface area contributed by atoms with Gasteiger partial charge in [0.15, 0.2) is 0 Å². The predicted molar refractivity (Wildman–Crippen MR) is 153 cm³/mol. The molecule has 0 N–H and O–H groups in total. The molecule has 0 saturated carbocycles. The number of aldehydes is 1. The van der Waals surface area contributed by atoms with E-state index in [1.54, 1.807) is 31.2 Å². The molecule has 5 nitrogen and oxygen atoms in total. The molecular weight excluding hydrogens is 527 g/mol. The molecule has 0 spiro atoms. The Morgan fingerprint density at radius 1 is 0.865 bits per heavy atom. The molecule has 37 heavy (non-hydrogen) atoms. The summed E-state index contributed by atoms with van der Waals surface area (Å²) in [4.78, 5) is 34.1. The third-order valence-corrected chi connectivity index (χ3v) is 4.66. The molecule has 0 unspecified atom stereocenters. The van der Waals surface area contributed by atoms with E-state index in [-0.39, 0.29) is 38.2 Å². The first-order chi connectivity index (χ1) is 16.0. The average molecular weight is 572 g/mol. The molecule has 2 rings (SSSR count). The van der Waals surface area contributed by atoms with Crippen molar-refractivity contribution in [1.29, 1.82) is 0 Å². The van der Waals surface area contributed by atoms with Gasteiger partial charge in [0.25, 0.3) is 0 Å². The Labute approximate surface area is 245 Å². The normalized spacial score (nSPS) is 10.1. The van der Waals surface area contributed by atoms with Gasteiger partial charge in [-0.25, -0.2) is 9.59 Å². The summed E-state index contributed by atoms with van der Waals surface area (Å²) in [6.45, 7) is 20.4. The largest absolute Gasteiger partial charge is 1.00 e. The zero-order chi connectivity index (χ0) is 27.4. The maximum atomic E-state index is 11.8. The molecular formula is C30H44BrLiO5. The van der Waals surface area contributed by atoms with Crippen LogP contribution in [-0.2, 0) is 9.47 Å². The second kappa shape index (κ2) is 18.4. The third kappa shape index (κ3) is 17.3. The molecule has 2 aromatic rings. The molecule has 202 valence electrons. The second-order valence-corrected chi connectivity index (χ2v) is 10.9. The van der Waals surface area contributed by atoms with E-state index in [4.69, 9.17) is 9.47 Å². The van der Waals surface area contributed by atoms with Gasteiger partial charge in [0, 0.05) is 10.0 Å². The van der Waals surface area contributed by atoms with Crippen LogP contribution in [0.1, 0.15) is 111 Å². The number of esters is 2. The molecule has 0 bridgehead atoms. The minimum Gasteiger partial charge on any atom is -0.456 e. The SMILES string of the molecule is C.Cc1cc(Br)ccc1C(=O)OC(C)(C)C.Cc1cc(C=O)ccc1C(=O)OC(C)(C)C.[CH2-]CCC.[Li+]. The van der Waals surface area contributed by atoms with Gasteiger partial charge in [-0.3, -0.25) is 4.79 Å². The van der Waals surface area contributed by atoms with Gasteiger partial charge in [0.05, 0.1) is 11.1 Å². The molecule has 2 aromatic carbocycles. The first-order valence-corrected chi connectivity index (χ1v) is 12.4. The summed E-state index contributed by atoms with van der Waals surface area (Å²) in [5.74, 6) is -0.630. The van der Waals surface area contributed by atoms with E-state index in [1.807, 2.05) is 60.6 Å². The molecule has 0 aliphatic rings. The topological polar surface area (TPSA) is 69.7 Å². The number of carbonyl (C=O) groups is 3. The quantitative estimate of drug-likeness (QED) is 0.203. The molecule has 0 saturated heterocycles. The van der Waals surface area contributed by atoms with Gasteiger partial charge in [-0.05, 0) is 96.8 Å². The van der Waals surface area contributed by atoms with E-state index in [1.165, 1.54) is 6.42 Å². The molecule has 7 heteroatoms. The van der Waals surface area contributed by atoms with Crippen LogP contribution in [0.5, 0.6) is 0 Å². The van der Waals surface area contributed by atoms with Crippen molar-refractivity contribution in [2.75, 3.05) is 0 Å². The van der Waals surface area contributed by atoms with E-state index < -0.39 is 11.2 Å². The summed E-state index contributed by atoms with van der Waals surface area (Å²) in [7, 11) is 0. The number of unbranched alkanes of at least 4 members (excludes halogenated alkanes) is 1. The van der Waals surface area contributed by atoms with Crippen LogP contribution in [0.4, 0.5) is 0 Å². The molecule has 0 fully saturated rings. The van der Waals surface area contributed by atoms with Crippen LogP contribution in [-0.4, -0.2) is 29.4 Å². The summed E-state index contributed by atoms with van der Waals surface area (Å²) < 4.78 is 11.5. The molecule has 0 aromatic heterocycles. The summed E-state index contributed by atoms with van der Waals surface area (Å²) >= 11 is 3.35. The minimum atomic E-state index is -0.507. The number of rotatable bonds is 4. The van der Waals surface area contributed by atoms with E-state index in [9.17, 15) is 14.4 Å². The van der Waals surface area contributed by atoms with Gasteiger partial charge in [-0.15, -0.1) is 0 Å². The fourth-order valence-corrected chi connectivity index (χ4v) is 2.99. The molecule has 0 heterocycles. The fourth-order valence-electron chi connectivity index (χ4n) is 2.51. The van der Waals surface area contributed by atoms with Crippen LogP contribution < -0.4 is 18.9 Å². The van der Waals surface area contributed by atoms with Gasteiger partial charge < -0.3 is 16.4 Å². The standard InChI is InChI=1S/C13H16O3.C12H15BrO2.C4H9.CH4.Li/c1-9-7-10(8-14)5-6-11(9)12(15)16-13(2,3)4;1-8-7-9(13)5-6-10(8)11(14)15-12(2,3)4;1-3-4-2;;/h5-8H,1-4H3;5-7H,1-4H3;1,3-4H2,2H3;1H4;/q;;-1;;+1. The van der Waals surface area contributed by atoms with E-state index in [0.717, 1.165) is 28.3 Å². The van der Waals surface area contributed by atoms with Crippen molar-refractivity contribution in [2.45, 2.75) is 93.8 Å². The number of ether oxygens (including phenoxy) is 2. The second-order valence-electron chi connectivity index (χ2n) is 10.0. The maximum absolute atomic E-state index is 11.8. The van der Waals surface area contributed by atoms with Gasteiger partial charge in [-0.1, -0.05) is 42.8 Å². The van der Waals surface area contributed by atoms with E-state index in [0.29, 0.717) is 16.7 Å². The fraction of sp³-hybridized carbons (Fsp3) is 0.467. The van der Waals surface area contributed by atoms with Crippen molar-refractivity contribution in [3.63, 3.8) is 0 Å². The van der Waals surface area contributed by atoms with Crippen molar-refractivity contribution in [2.24, 2.45) is 0 Å². The van der Waals surface area contributed by atoms with Crippen LogP contribution in [0, 0.1) is 20.8 Å². The number of hydrogen-bond donors (Lipinski definition) is 0. The van der Waals surface area contributed by atoms with E-state index >= 15 is 0 Å². The minimum absolute atomic E-state index is 0. The monoisotopic (exact) mass is 570 g/mol. The predicted octanol–water partition coefficient (Wildman–Crippen LogP) is 5.74. The summed E-state index contributed by atoms with van der Waals surface area (Å²) in [6, 6.07) is 10.4. The van der Waals surface area contributed by atoms with E-state index in [2.05, 4.69) is 29.8 Å². The Kier molecular flexibility index (Phi) is 19.7. The summed E-state index contributed by atoms with van der Waals surface area (Å²) in [5, 5.41) is 0. The van der Waals surface area contributed by atoms with Gasteiger partial charge in [-0.2, -0.15) is 6.42 Å².